The Labute approximate surface area is 243 Å². The van der Waals surface area contributed by atoms with Crippen LogP contribution < -0.4 is 15.5 Å². The van der Waals surface area contributed by atoms with Crippen LogP contribution in [0.5, 0.6) is 5.75 Å². The summed E-state index contributed by atoms with van der Waals surface area (Å²) in [6, 6.07) is 14.2. The number of esters is 2. The number of carbonyl (C=O) groups is 4. The summed E-state index contributed by atoms with van der Waals surface area (Å²) in [7, 11) is 0. The Kier molecular flexibility index (Phi) is 9.98. The third-order valence-corrected chi connectivity index (χ3v) is 7.55. The van der Waals surface area contributed by atoms with Gasteiger partial charge in [-0.05, 0) is 68.0 Å². The quantitative estimate of drug-likeness (QED) is 0.0879. The van der Waals surface area contributed by atoms with Crippen molar-refractivity contribution in [3.63, 3.8) is 0 Å². The van der Waals surface area contributed by atoms with Gasteiger partial charge in [0.05, 0.1) is 18.4 Å². The Bertz CT molecular complexity index is 1480. The highest BCUT2D eigenvalue weighted by Gasteiger charge is 2.28. The van der Waals surface area contributed by atoms with Crippen LogP contribution >= 0.6 is 27.3 Å². The number of fused-ring (bicyclic) bond motifs is 1. The summed E-state index contributed by atoms with van der Waals surface area (Å²) < 4.78 is 11.3. The molecule has 2 aromatic carbocycles. The average molecular weight is 625 g/mol. The fraction of sp³-hybridized carbons (Fsp3) is 0.207. The molecule has 0 fully saturated rings. The van der Waals surface area contributed by atoms with Gasteiger partial charge in [-0.25, -0.2) is 15.0 Å². The largest absolute Gasteiger partial charge is 0.462 e. The number of nitrogens with one attached hydrogen (secondary N) is 2. The smallest absolute Gasteiger partial charge is 0.341 e. The minimum Gasteiger partial charge on any atom is -0.462 e. The number of hydrazone groups is 1. The van der Waals surface area contributed by atoms with Crippen molar-refractivity contribution in [3.8, 4) is 5.75 Å². The molecule has 0 unspecified atom stereocenters. The van der Waals surface area contributed by atoms with Crippen LogP contribution in [0.3, 0.4) is 0 Å². The first-order valence-corrected chi connectivity index (χ1v) is 14.2. The van der Waals surface area contributed by atoms with E-state index in [1.165, 1.54) is 23.6 Å². The number of rotatable bonds is 8. The van der Waals surface area contributed by atoms with Gasteiger partial charge in [-0.3, -0.25) is 9.59 Å². The molecule has 0 aliphatic heterocycles. The lowest BCUT2D eigenvalue weighted by molar-refractivity contribution is -0.136. The molecular formula is C29H26BrN3O6S. The van der Waals surface area contributed by atoms with Crippen molar-refractivity contribution < 1.29 is 28.7 Å². The normalized spacial score (nSPS) is 12.7. The van der Waals surface area contributed by atoms with Crippen molar-refractivity contribution in [1.82, 2.24) is 5.43 Å². The monoisotopic (exact) mass is 623 g/mol. The third-order valence-electron chi connectivity index (χ3n) is 5.85. The van der Waals surface area contributed by atoms with Crippen LogP contribution in [0.15, 0.2) is 64.2 Å². The zero-order chi connectivity index (χ0) is 28.5. The first kappa shape index (κ1) is 28.9. The molecule has 3 aromatic rings. The number of anilines is 1. The third kappa shape index (κ3) is 7.51. The van der Waals surface area contributed by atoms with E-state index in [2.05, 4.69) is 31.8 Å². The molecule has 0 radical (unpaired) electrons. The van der Waals surface area contributed by atoms with E-state index >= 15 is 0 Å². The van der Waals surface area contributed by atoms with E-state index in [-0.39, 0.29) is 12.4 Å². The molecule has 0 atom stereocenters. The first-order valence-electron chi connectivity index (χ1n) is 12.6. The standard InChI is InChI=1S/C29H26BrN3O6S/c1-2-38-29(37)25-21-10-6-7-11-23(21)40-28(25)32-26(35)27(36)33-31-17-19-16-20(30)13-14-22(19)39-24(34)15-12-18-8-4-3-5-9-18/h3-5,8-9,12-17H,2,6-7,10-11H2,1H3,(H,32,35)(H,33,36)/b15-12+,31-17-. The van der Waals surface area contributed by atoms with E-state index in [0.717, 1.165) is 35.3 Å². The highest BCUT2D eigenvalue weighted by Crippen LogP contribution is 2.38. The Morgan fingerprint density at radius 2 is 1.82 bits per heavy atom. The molecule has 0 bridgehead atoms. The molecule has 2 N–H and O–H groups in total. The van der Waals surface area contributed by atoms with Gasteiger partial charge in [0, 0.05) is 21.0 Å². The first-order chi connectivity index (χ1) is 19.4. The predicted molar refractivity (Wildman–Crippen MR) is 157 cm³/mol. The van der Waals surface area contributed by atoms with E-state index in [1.807, 2.05) is 30.3 Å². The van der Waals surface area contributed by atoms with E-state index in [4.69, 9.17) is 9.47 Å². The van der Waals surface area contributed by atoms with Crippen molar-refractivity contribution in [1.29, 1.82) is 0 Å². The fourth-order valence-corrected chi connectivity index (χ4v) is 5.68. The average Bonchev–Trinajstić information content (AvgIpc) is 3.31. The van der Waals surface area contributed by atoms with Crippen molar-refractivity contribution in [2.75, 3.05) is 11.9 Å². The van der Waals surface area contributed by atoms with Crippen LogP contribution in [0, 0.1) is 0 Å². The number of aryl methyl sites for hydroxylation is 1. The Morgan fingerprint density at radius 1 is 1.05 bits per heavy atom. The van der Waals surface area contributed by atoms with E-state index < -0.39 is 23.8 Å². The summed E-state index contributed by atoms with van der Waals surface area (Å²) >= 11 is 4.64. The Balaban J connectivity index is 1.41. The van der Waals surface area contributed by atoms with Crippen LogP contribution in [-0.4, -0.2) is 36.6 Å². The lowest BCUT2D eigenvalue weighted by Gasteiger charge is -2.12. The molecular weight excluding hydrogens is 598 g/mol. The molecule has 1 heterocycles. The molecule has 9 nitrogen and oxygen atoms in total. The van der Waals surface area contributed by atoms with E-state index in [0.29, 0.717) is 27.0 Å². The summed E-state index contributed by atoms with van der Waals surface area (Å²) in [4.78, 5) is 51.1. The number of ether oxygens (including phenoxy) is 2. The summed E-state index contributed by atoms with van der Waals surface area (Å²) in [6.07, 6.45) is 7.65. The van der Waals surface area contributed by atoms with Crippen molar-refractivity contribution in [2.24, 2.45) is 5.10 Å². The van der Waals surface area contributed by atoms with Gasteiger partial charge in [0.2, 0.25) is 0 Å². The molecule has 1 aromatic heterocycles. The van der Waals surface area contributed by atoms with Gasteiger partial charge in [-0.1, -0.05) is 46.3 Å². The van der Waals surface area contributed by atoms with Gasteiger partial charge in [0.25, 0.3) is 0 Å². The lowest BCUT2D eigenvalue weighted by Crippen LogP contribution is -2.32. The van der Waals surface area contributed by atoms with Crippen LogP contribution in [0.25, 0.3) is 6.08 Å². The number of thiophene rings is 1. The van der Waals surface area contributed by atoms with Gasteiger partial charge in [-0.15, -0.1) is 11.3 Å². The van der Waals surface area contributed by atoms with Gasteiger partial charge in [-0.2, -0.15) is 5.10 Å². The van der Waals surface area contributed by atoms with Gasteiger partial charge >= 0.3 is 23.8 Å². The van der Waals surface area contributed by atoms with Crippen LogP contribution in [0.4, 0.5) is 5.00 Å². The molecule has 11 heteroatoms. The van der Waals surface area contributed by atoms with Gasteiger partial charge in [0.1, 0.15) is 10.8 Å². The highest BCUT2D eigenvalue weighted by atomic mass is 79.9. The molecule has 206 valence electrons. The minimum absolute atomic E-state index is 0.197. The molecule has 2 amide bonds. The zero-order valence-electron chi connectivity index (χ0n) is 21.6. The van der Waals surface area contributed by atoms with E-state index in [1.54, 1.807) is 31.2 Å². The summed E-state index contributed by atoms with van der Waals surface area (Å²) in [5.41, 5.74) is 4.58. The lowest BCUT2D eigenvalue weighted by atomic mass is 9.95. The summed E-state index contributed by atoms with van der Waals surface area (Å²) in [5.74, 6) is -2.92. The second-order valence-electron chi connectivity index (χ2n) is 8.64. The number of halogens is 1. The number of benzene rings is 2. The molecule has 0 saturated heterocycles. The van der Waals surface area contributed by atoms with Crippen molar-refractivity contribution in [2.45, 2.75) is 32.6 Å². The Hall–Kier alpha value is -4.09. The van der Waals surface area contributed by atoms with Gasteiger partial charge < -0.3 is 14.8 Å². The second kappa shape index (κ2) is 13.8. The maximum absolute atomic E-state index is 12.6. The van der Waals surface area contributed by atoms with Crippen LogP contribution in [0.1, 0.15) is 51.7 Å². The molecule has 0 spiro atoms. The fourth-order valence-electron chi connectivity index (χ4n) is 4.03. The number of carbonyl (C=O) groups excluding carboxylic acids is 4. The zero-order valence-corrected chi connectivity index (χ0v) is 24.0. The van der Waals surface area contributed by atoms with Crippen LogP contribution in [0.2, 0.25) is 0 Å². The molecule has 1 aliphatic rings. The topological polar surface area (TPSA) is 123 Å². The molecule has 1 aliphatic carbocycles. The maximum Gasteiger partial charge on any atom is 0.341 e. The number of hydrogen-bond donors (Lipinski definition) is 2. The predicted octanol–water partition coefficient (Wildman–Crippen LogP) is 5.27. The van der Waals surface area contributed by atoms with Crippen LogP contribution in [-0.2, 0) is 32.0 Å². The second-order valence-corrected chi connectivity index (χ2v) is 10.7. The van der Waals surface area contributed by atoms with E-state index in [9.17, 15) is 19.2 Å². The molecule has 0 saturated carbocycles. The minimum atomic E-state index is -1.03. The molecule has 40 heavy (non-hydrogen) atoms. The number of hydrogen-bond acceptors (Lipinski definition) is 8. The SMILES string of the molecule is CCOC(=O)c1c(NC(=O)C(=O)N/N=C\c2cc(Br)ccc2OC(=O)/C=C/c2ccccc2)sc2c1CCCC2. The van der Waals surface area contributed by atoms with Crippen molar-refractivity contribution in [3.05, 3.63) is 86.2 Å². The summed E-state index contributed by atoms with van der Waals surface area (Å²) in [5, 5.41) is 6.68. The number of amides is 2. The molecule has 4 rings (SSSR count). The number of nitrogens with zero attached hydrogens (tertiary/aromatic N) is 1. The van der Waals surface area contributed by atoms with Crippen molar-refractivity contribution >= 4 is 68.3 Å². The maximum atomic E-state index is 12.6. The summed E-state index contributed by atoms with van der Waals surface area (Å²) in [6.45, 7) is 1.90. The Morgan fingerprint density at radius 3 is 2.60 bits per heavy atom. The van der Waals surface area contributed by atoms with Gasteiger partial charge in [0.15, 0.2) is 0 Å². The highest BCUT2D eigenvalue weighted by molar-refractivity contribution is 9.10.